The van der Waals surface area contributed by atoms with Crippen molar-refractivity contribution in [1.82, 2.24) is 0 Å². The van der Waals surface area contributed by atoms with Gasteiger partial charge in [0, 0.05) is 17.3 Å². The second-order valence-electron chi connectivity index (χ2n) is 2.44. The first-order chi connectivity index (χ1) is 6.15. The van der Waals surface area contributed by atoms with Gasteiger partial charge in [-0.25, -0.2) is 0 Å². The quantitative estimate of drug-likeness (QED) is 0.846. The molecule has 0 radical (unpaired) electrons. The molecule has 1 unspecified atom stereocenters. The Hall–Kier alpha value is -0.390. The summed E-state index contributed by atoms with van der Waals surface area (Å²) in [6, 6.07) is 5.17. The van der Waals surface area contributed by atoms with Gasteiger partial charge in [0.15, 0.2) is 0 Å². The van der Waals surface area contributed by atoms with E-state index in [9.17, 15) is 4.21 Å². The van der Waals surface area contributed by atoms with E-state index in [0.29, 0.717) is 10.6 Å². The smallest absolute Gasteiger partial charge is 0.126 e. The fourth-order valence-electron chi connectivity index (χ4n) is 0.872. The average Bonchev–Trinajstić information content (AvgIpc) is 2.04. The minimum atomic E-state index is -1.13. The molecule has 0 heterocycles. The number of nitrogens with two attached hydrogens (primary N) is 1. The number of ether oxygens (including phenoxy) is 1. The van der Waals surface area contributed by atoms with Crippen molar-refractivity contribution in [2.45, 2.75) is 4.90 Å². The monoisotopic (exact) mass is 263 g/mol. The van der Waals surface area contributed by atoms with Crippen LogP contribution in [0.25, 0.3) is 0 Å². The lowest BCUT2D eigenvalue weighted by Gasteiger charge is -2.04. The number of rotatable bonds is 3. The maximum Gasteiger partial charge on any atom is 0.126 e. The molecule has 1 aromatic carbocycles. The molecule has 0 aliphatic rings. The van der Waals surface area contributed by atoms with Crippen molar-refractivity contribution >= 4 is 32.4 Å². The molecule has 0 saturated carbocycles. The Kier molecular flexibility index (Phi) is 3.90. The molecule has 13 heavy (non-hydrogen) atoms. The highest BCUT2D eigenvalue weighted by atomic mass is 79.9. The summed E-state index contributed by atoms with van der Waals surface area (Å²) in [5.74, 6) is 0.197. The lowest BCUT2D eigenvalue weighted by atomic mass is 10.3. The van der Waals surface area contributed by atoms with Gasteiger partial charge in [-0.15, -0.1) is 0 Å². The van der Waals surface area contributed by atoms with Crippen LogP contribution in [0.3, 0.4) is 0 Å². The molecular weight excluding hydrogens is 254 g/mol. The van der Waals surface area contributed by atoms with Crippen molar-refractivity contribution in [3.63, 3.8) is 0 Å². The van der Waals surface area contributed by atoms with E-state index in [-0.39, 0.29) is 5.94 Å². The molecule has 1 rings (SSSR count). The Labute approximate surface area is 87.9 Å². The minimum absolute atomic E-state index is 0.197. The highest BCUT2D eigenvalue weighted by Gasteiger charge is 2.07. The first-order valence-electron chi connectivity index (χ1n) is 3.57. The number of nitrogen functional groups attached to an aromatic ring is 1. The summed E-state index contributed by atoms with van der Waals surface area (Å²) in [4.78, 5) is 0.705. The molecule has 0 saturated heterocycles. The first-order valence-corrected chi connectivity index (χ1v) is 5.68. The summed E-state index contributed by atoms with van der Waals surface area (Å²) in [6.45, 7) is 0. The molecule has 2 N–H and O–H groups in total. The molecule has 0 aromatic heterocycles. The van der Waals surface area contributed by atoms with Crippen LogP contribution in [0.1, 0.15) is 0 Å². The summed E-state index contributed by atoms with van der Waals surface area (Å²) in [6.07, 6.45) is 0. The van der Waals surface area contributed by atoms with Crippen LogP contribution in [-0.2, 0) is 15.5 Å². The van der Waals surface area contributed by atoms with Gasteiger partial charge in [0.2, 0.25) is 0 Å². The molecule has 1 atom stereocenters. The first kappa shape index (κ1) is 10.7. The Balaban J connectivity index is 2.95. The Morgan fingerprint density at radius 1 is 1.62 bits per heavy atom. The van der Waals surface area contributed by atoms with Crippen LogP contribution in [0.4, 0.5) is 5.69 Å². The Morgan fingerprint density at radius 3 is 2.85 bits per heavy atom. The molecule has 0 spiro atoms. The van der Waals surface area contributed by atoms with Gasteiger partial charge in [0.25, 0.3) is 0 Å². The normalized spacial score (nSPS) is 12.8. The Bertz CT molecular complexity index is 330. The van der Waals surface area contributed by atoms with Crippen molar-refractivity contribution in [2.24, 2.45) is 0 Å². The van der Waals surface area contributed by atoms with Crippen molar-refractivity contribution in [3.05, 3.63) is 22.7 Å². The van der Waals surface area contributed by atoms with Gasteiger partial charge in [0.1, 0.15) is 5.94 Å². The Morgan fingerprint density at radius 2 is 2.31 bits per heavy atom. The zero-order valence-corrected chi connectivity index (χ0v) is 9.52. The predicted molar refractivity (Wildman–Crippen MR) is 56.8 cm³/mol. The zero-order chi connectivity index (χ0) is 9.84. The van der Waals surface area contributed by atoms with E-state index in [0.717, 1.165) is 4.47 Å². The fraction of sp³-hybridized carbons (Fsp3) is 0.250. The highest BCUT2D eigenvalue weighted by Crippen LogP contribution is 2.22. The van der Waals surface area contributed by atoms with Gasteiger partial charge in [-0.1, -0.05) is 0 Å². The maximum absolute atomic E-state index is 11.5. The lowest BCUT2D eigenvalue weighted by Crippen LogP contribution is -2.01. The zero-order valence-electron chi connectivity index (χ0n) is 7.12. The van der Waals surface area contributed by atoms with Gasteiger partial charge >= 0.3 is 0 Å². The standard InChI is InChI=1S/C8H10BrNO2S/c1-12-5-13(11)8-3-2-6(10)4-7(8)9/h2-4H,5,10H2,1H3. The molecule has 72 valence electrons. The van der Waals surface area contributed by atoms with E-state index in [1.807, 2.05) is 0 Å². The van der Waals surface area contributed by atoms with Crippen LogP contribution >= 0.6 is 15.9 Å². The molecule has 0 aliphatic carbocycles. The van der Waals surface area contributed by atoms with E-state index in [4.69, 9.17) is 10.5 Å². The predicted octanol–water partition coefficient (Wildman–Crippen LogP) is 1.74. The van der Waals surface area contributed by atoms with Crippen LogP contribution in [-0.4, -0.2) is 17.3 Å². The molecule has 0 fully saturated rings. The number of benzene rings is 1. The van der Waals surface area contributed by atoms with E-state index in [1.165, 1.54) is 7.11 Å². The second-order valence-corrected chi connectivity index (χ2v) is 4.66. The van der Waals surface area contributed by atoms with Crippen molar-refractivity contribution < 1.29 is 8.95 Å². The number of hydrogen-bond donors (Lipinski definition) is 1. The van der Waals surface area contributed by atoms with E-state index in [2.05, 4.69) is 15.9 Å². The SMILES string of the molecule is COCS(=O)c1ccc(N)cc1Br. The van der Waals surface area contributed by atoms with Gasteiger partial charge < -0.3 is 10.5 Å². The van der Waals surface area contributed by atoms with Crippen molar-refractivity contribution in [1.29, 1.82) is 0 Å². The average molecular weight is 264 g/mol. The number of anilines is 1. The van der Waals surface area contributed by atoms with Crippen LogP contribution in [0.15, 0.2) is 27.6 Å². The number of halogens is 1. The van der Waals surface area contributed by atoms with Crippen LogP contribution in [0.5, 0.6) is 0 Å². The minimum Gasteiger partial charge on any atom is -0.399 e. The van der Waals surface area contributed by atoms with Crippen molar-refractivity contribution in [2.75, 3.05) is 18.8 Å². The summed E-state index contributed by atoms with van der Waals surface area (Å²) in [5, 5.41) is 0. The highest BCUT2D eigenvalue weighted by molar-refractivity contribution is 9.10. The van der Waals surface area contributed by atoms with Crippen LogP contribution < -0.4 is 5.73 Å². The largest absolute Gasteiger partial charge is 0.399 e. The summed E-state index contributed by atoms with van der Waals surface area (Å²) in [7, 11) is 0.389. The third kappa shape index (κ3) is 2.79. The van der Waals surface area contributed by atoms with E-state index < -0.39 is 10.8 Å². The second kappa shape index (κ2) is 4.74. The molecular formula is C8H10BrNO2S. The van der Waals surface area contributed by atoms with Gasteiger partial charge in [-0.2, -0.15) is 0 Å². The number of methoxy groups -OCH3 is 1. The third-order valence-corrected chi connectivity index (χ3v) is 3.64. The number of hydrogen-bond acceptors (Lipinski definition) is 3. The molecule has 5 heteroatoms. The maximum atomic E-state index is 11.5. The summed E-state index contributed by atoms with van der Waals surface area (Å²) in [5.41, 5.74) is 6.18. The molecule has 0 aliphatic heterocycles. The van der Waals surface area contributed by atoms with Gasteiger partial charge in [0.05, 0.1) is 15.7 Å². The van der Waals surface area contributed by atoms with Crippen LogP contribution in [0.2, 0.25) is 0 Å². The van der Waals surface area contributed by atoms with Gasteiger partial charge in [-0.3, -0.25) is 4.21 Å². The molecule has 1 aromatic rings. The van der Waals surface area contributed by atoms with E-state index in [1.54, 1.807) is 18.2 Å². The molecule has 0 amide bonds. The van der Waals surface area contributed by atoms with Gasteiger partial charge in [-0.05, 0) is 34.1 Å². The van der Waals surface area contributed by atoms with Crippen molar-refractivity contribution in [3.8, 4) is 0 Å². The fourth-order valence-corrected chi connectivity index (χ4v) is 2.65. The third-order valence-electron chi connectivity index (χ3n) is 1.43. The van der Waals surface area contributed by atoms with Crippen LogP contribution in [0, 0.1) is 0 Å². The summed E-state index contributed by atoms with van der Waals surface area (Å²) >= 11 is 3.29. The lowest BCUT2D eigenvalue weighted by molar-refractivity contribution is 0.254. The molecule has 0 bridgehead atoms. The van der Waals surface area contributed by atoms with E-state index >= 15 is 0 Å². The topological polar surface area (TPSA) is 52.3 Å². The summed E-state index contributed by atoms with van der Waals surface area (Å²) < 4.78 is 17.0. The molecule has 3 nitrogen and oxygen atoms in total.